The summed E-state index contributed by atoms with van der Waals surface area (Å²) >= 11 is 0.929. The zero-order valence-corrected chi connectivity index (χ0v) is 12.8. The number of hydrogen-bond donors (Lipinski definition) is 2. The number of amides is 1. The van der Waals surface area contributed by atoms with Crippen LogP contribution in [0.3, 0.4) is 0 Å². The fourth-order valence-corrected chi connectivity index (χ4v) is 2.59. The lowest BCUT2D eigenvalue weighted by Gasteiger charge is -2.21. The van der Waals surface area contributed by atoms with Crippen LogP contribution in [0.4, 0.5) is 23.9 Å². The van der Waals surface area contributed by atoms with E-state index in [1.807, 2.05) is 0 Å². The fraction of sp³-hybridized carbons (Fsp3) is 0.583. The second-order valence-corrected chi connectivity index (χ2v) is 5.80. The van der Waals surface area contributed by atoms with E-state index in [1.54, 1.807) is 13.8 Å². The van der Waals surface area contributed by atoms with E-state index in [0.717, 1.165) is 11.3 Å². The average molecular weight is 325 g/mol. The van der Waals surface area contributed by atoms with E-state index in [2.05, 4.69) is 0 Å². The van der Waals surface area contributed by atoms with Gasteiger partial charge in [0.15, 0.2) is 5.75 Å². The van der Waals surface area contributed by atoms with Crippen molar-refractivity contribution in [3.8, 4) is 5.75 Å². The molecule has 1 aromatic rings. The monoisotopic (exact) mass is 325 g/mol. The Morgan fingerprint density at radius 3 is 2.43 bits per heavy atom. The summed E-state index contributed by atoms with van der Waals surface area (Å²) in [5.41, 5.74) is 11.1. The second kappa shape index (κ2) is 6.42. The van der Waals surface area contributed by atoms with Gasteiger partial charge in [-0.3, -0.25) is 4.79 Å². The number of anilines is 2. The van der Waals surface area contributed by atoms with Gasteiger partial charge in [-0.25, -0.2) is 0 Å². The SMILES string of the molecule is CC(C)Oc1c(N(C)CCC(F)(F)F)sc(C(N)=O)c1N. The van der Waals surface area contributed by atoms with Gasteiger partial charge in [0.25, 0.3) is 5.91 Å². The first kappa shape index (κ1) is 17.4. The number of rotatable bonds is 6. The highest BCUT2D eigenvalue weighted by molar-refractivity contribution is 7.19. The maximum absolute atomic E-state index is 12.3. The molecule has 0 unspecified atom stereocenters. The number of nitrogens with two attached hydrogens (primary N) is 2. The van der Waals surface area contributed by atoms with Gasteiger partial charge >= 0.3 is 6.18 Å². The van der Waals surface area contributed by atoms with Crippen LogP contribution >= 0.6 is 11.3 Å². The highest BCUT2D eigenvalue weighted by Gasteiger charge is 2.29. The molecule has 120 valence electrons. The van der Waals surface area contributed by atoms with Crippen molar-refractivity contribution in [3.05, 3.63) is 4.88 Å². The number of thiophene rings is 1. The van der Waals surface area contributed by atoms with E-state index in [9.17, 15) is 18.0 Å². The Labute approximate surface area is 124 Å². The smallest absolute Gasteiger partial charge is 0.390 e. The quantitative estimate of drug-likeness (QED) is 0.842. The number of halogens is 3. The van der Waals surface area contributed by atoms with Crippen LogP contribution in [0, 0.1) is 0 Å². The number of nitrogen functional groups attached to an aromatic ring is 1. The van der Waals surface area contributed by atoms with E-state index in [0.29, 0.717) is 5.00 Å². The molecule has 0 fully saturated rings. The van der Waals surface area contributed by atoms with Gasteiger partial charge in [-0.2, -0.15) is 13.2 Å². The molecule has 4 N–H and O–H groups in total. The third kappa shape index (κ3) is 4.69. The highest BCUT2D eigenvalue weighted by atomic mass is 32.1. The van der Waals surface area contributed by atoms with Crippen molar-refractivity contribution in [2.45, 2.75) is 32.5 Å². The van der Waals surface area contributed by atoms with Crippen molar-refractivity contribution in [3.63, 3.8) is 0 Å². The Hall–Kier alpha value is -1.64. The zero-order chi connectivity index (χ0) is 16.4. The highest BCUT2D eigenvalue weighted by Crippen LogP contribution is 2.45. The predicted molar refractivity (Wildman–Crippen MR) is 77.0 cm³/mol. The molecule has 0 aliphatic heterocycles. The van der Waals surface area contributed by atoms with E-state index in [1.165, 1.54) is 11.9 Å². The lowest BCUT2D eigenvalue weighted by molar-refractivity contribution is -0.132. The molecule has 0 radical (unpaired) electrons. The molecule has 0 aromatic carbocycles. The van der Waals surface area contributed by atoms with Crippen molar-refractivity contribution in [1.82, 2.24) is 0 Å². The zero-order valence-electron chi connectivity index (χ0n) is 12.0. The molecule has 0 aliphatic rings. The minimum atomic E-state index is -4.26. The molecule has 0 spiro atoms. The Balaban J connectivity index is 3.08. The summed E-state index contributed by atoms with van der Waals surface area (Å²) in [4.78, 5) is 12.8. The molecule has 1 amide bonds. The summed E-state index contributed by atoms with van der Waals surface area (Å²) < 4.78 is 42.4. The van der Waals surface area contributed by atoms with Crippen LogP contribution in [-0.2, 0) is 0 Å². The molecule has 0 atom stereocenters. The van der Waals surface area contributed by atoms with E-state index >= 15 is 0 Å². The largest absolute Gasteiger partial charge is 0.486 e. The van der Waals surface area contributed by atoms with Gasteiger partial charge in [0.2, 0.25) is 0 Å². The molecule has 1 rings (SSSR count). The van der Waals surface area contributed by atoms with Crippen molar-refractivity contribution < 1.29 is 22.7 Å². The van der Waals surface area contributed by atoms with Crippen molar-refractivity contribution in [2.75, 3.05) is 24.2 Å². The Morgan fingerprint density at radius 1 is 1.43 bits per heavy atom. The number of hydrogen-bond acceptors (Lipinski definition) is 5. The molecule has 0 saturated heterocycles. The summed E-state index contributed by atoms with van der Waals surface area (Å²) in [5.74, 6) is -0.532. The van der Waals surface area contributed by atoms with Crippen LogP contribution in [0.5, 0.6) is 5.75 Å². The van der Waals surface area contributed by atoms with E-state index < -0.39 is 18.5 Å². The van der Waals surface area contributed by atoms with Crippen LogP contribution in [0.1, 0.15) is 29.9 Å². The first-order chi connectivity index (χ1) is 9.53. The normalized spacial score (nSPS) is 11.8. The third-order valence-corrected chi connectivity index (χ3v) is 3.85. The van der Waals surface area contributed by atoms with Gasteiger partial charge in [-0.05, 0) is 13.8 Å². The van der Waals surface area contributed by atoms with Gasteiger partial charge in [0.1, 0.15) is 15.6 Å². The molecule has 0 bridgehead atoms. The number of carbonyl (C=O) groups excluding carboxylic acids is 1. The lowest BCUT2D eigenvalue weighted by Crippen LogP contribution is -2.24. The van der Waals surface area contributed by atoms with Gasteiger partial charge in [-0.1, -0.05) is 0 Å². The predicted octanol–water partition coefficient (Wildman–Crippen LogP) is 2.60. The third-order valence-electron chi connectivity index (χ3n) is 2.54. The van der Waals surface area contributed by atoms with Crippen LogP contribution in [-0.4, -0.2) is 31.8 Å². The minimum absolute atomic E-state index is 0.0649. The maximum atomic E-state index is 12.3. The average Bonchev–Trinajstić information content (AvgIpc) is 2.63. The van der Waals surface area contributed by atoms with Gasteiger partial charge in [0, 0.05) is 13.6 Å². The van der Waals surface area contributed by atoms with Gasteiger partial charge in [-0.15, -0.1) is 11.3 Å². The molecule has 0 aliphatic carbocycles. The summed E-state index contributed by atoms with van der Waals surface area (Å²) in [5, 5.41) is 0.360. The number of nitrogens with zero attached hydrogens (tertiary/aromatic N) is 1. The Morgan fingerprint density at radius 2 is 2.00 bits per heavy atom. The topological polar surface area (TPSA) is 81.6 Å². The first-order valence-corrected chi connectivity index (χ1v) is 7.01. The second-order valence-electron chi connectivity index (χ2n) is 4.80. The molecular weight excluding hydrogens is 307 g/mol. The molecule has 21 heavy (non-hydrogen) atoms. The van der Waals surface area contributed by atoms with E-state index in [-0.39, 0.29) is 29.0 Å². The summed E-state index contributed by atoms with van der Waals surface area (Å²) in [6.45, 7) is 3.23. The molecule has 0 saturated carbocycles. The summed E-state index contributed by atoms with van der Waals surface area (Å²) in [6, 6.07) is 0. The van der Waals surface area contributed by atoms with Crippen molar-refractivity contribution in [2.24, 2.45) is 5.73 Å². The lowest BCUT2D eigenvalue weighted by atomic mass is 10.3. The number of carbonyl (C=O) groups is 1. The molecule has 9 heteroatoms. The van der Waals surface area contributed by atoms with Crippen LogP contribution < -0.4 is 21.1 Å². The fourth-order valence-electron chi connectivity index (χ4n) is 1.60. The number of primary amides is 1. The van der Waals surface area contributed by atoms with Crippen molar-refractivity contribution in [1.29, 1.82) is 0 Å². The van der Waals surface area contributed by atoms with E-state index in [4.69, 9.17) is 16.2 Å². The Kier molecular flexibility index (Phi) is 5.32. The summed E-state index contributed by atoms with van der Waals surface area (Å²) in [6.07, 6.45) is -5.48. The first-order valence-electron chi connectivity index (χ1n) is 6.19. The molecule has 5 nitrogen and oxygen atoms in total. The van der Waals surface area contributed by atoms with Gasteiger partial charge in [0.05, 0.1) is 12.5 Å². The maximum Gasteiger partial charge on any atom is 0.390 e. The molecule has 1 aromatic heterocycles. The Bertz CT molecular complexity index is 515. The summed E-state index contributed by atoms with van der Waals surface area (Å²) in [7, 11) is 1.48. The van der Waals surface area contributed by atoms with Crippen LogP contribution in [0.2, 0.25) is 0 Å². The van der Waals surface area contributed by atoms with Crippen LogP contribution in [0.25, 0.3) is 0 Å². The number of ether oxygens (including phenoxy) is 1. The van der Waals surface area contributed by atoms with Crippen molar-refractivity contribution >= 4 is 27.9 Å². The molecule has 1 heterocycles. The molecular formula is C12H18F3N3O2S. The minimum Gasteiger partial charge on any atom is -0.486 e. The number of alkyl halides is 3. The standard InChI is InChI=1S/C12H18F3N3O2S/c1-6(2)20-8-7(16)9(10(17)19)21-11(8)18(3)5-4-12(13,14)15/h6H,4-5,16H2,1-3H3,(H2,17,19). The van der Waals surface area contributed by atoms with Gasteiger partial charge < -0.3 is 21.1 Å². The van der Waals surface area contributed by atoms with Crippen LogP contribution in [0.15, 0.2) is 0 Å².